The van der Waals surface area contributed by atoms with Gasteiger partial charge in [-0.15, -0.1) is 0 Å². The fraction of sp³-hybridized carbons (Fsp3) is 0.896. The second-order valence-electron chi connectivity index (χ2n) is 28.5. The summed E-state index contributed by atoms with van der Waals surface area (Å²) >= 11 is 0. The van der Waals surface area contributed by atoms with E-state index in [-0.39, 0.29) is 25.7 Å². The van der Waals surface area contributed by atoms with Crippen molar-refractivity contribution in [2.24, 2.45) is 17.8 Å². The lowest BCUT2D eigenvalue weighted by molar-refractivity contribution is -0.161. The molecule has 19 heteroatoms. The van der Waals surface area contributed by atoms with Crippen molar-refractivity contribution in [3.05, 3.63) is 24.3 Å². The van der Waals surface area contributed by atoms with E-state index in [0.29, 0.717) is 25.7 Å². The van der Waals surface area contributed by atoms with Crippen molar-refractivity contribution in [2.45, 2.75) is 388 Å². The van der Waals surface area contributed by atoms with Crippen molar-refractivity contribution in [1.29, 1.82) is 0 Å². The first-order chi connectivity index (χ1) is 46.2. The molecule has 0 bridgehead atoms. The van der Waals surface area contributed by atoms with Gasteiger partial charge in [0.25, 0.3) is 0 Å². The molecule has 0 amide bonds. The van der Waals surface area contributed by atoms with Crippen molar-refractivity contribution in [3.63, 3.8) is 0 Å². The predicted octanol–water partition coefficient (Wildman–Crippen LogP) is 22.1. The fourth-order valence-electron chi connectivity index (χ4n) is 11.2. The molecule has 0 aromatic heterocycles. The molecule has 0 spiro atoms. The molecule has 0 aromatic carbocycles. The number of rotatable bonds is 73. The Balaban J connectivity index is 5.29. The van der Waals surface area contributed by atoms with Crippen LogP contribution in [0.1, 0.15) is 370 Å². The van der Waals surface area contributed by atoms with E-state index in [2.05, 4.69) is 72.8 Å². The zero-order valence-corrected chi connectivity index (χ0v) is 64.1. The van der Waals surface area contributed by atoms with E-state index >= 15 is 0 Å². The Morgan fingerprint density at radius 1 is 0.323 bits per heavy atom. The van der Waals surface area contributed by atoms with Crippen LogP contribution in [0.4, 0.5) is 0 Å². The van der Waals surface area contributed by atoms with Gasteiger partial charge in [-0.25, -0.2) is 9.13 Å². The highest BCUT2D eigenvalue weighted by atomic mass is 31.2. The number of phosphoric ester groups is 2. The van der Waals surface area contributed by atoms with Gasteiger partial charge >= 0.3 is 39.5 Å². The van der Waals surface area contributed by atoms with Gasteiger partial charge in [0, 0.05) is 25.7 Å². The molecule has 0 aliphatic heterocycles. The number of hydrogen-bond donors (Lipinski definition) is 3. The van der Waals surface area contributed by atoms with Crippen LogP contribution < -0.4 is 0 Å². The maximum Gasteiger partial charge on any atom is 0.472 e. The number of carbonyl (C=O) groups is 4. The summed E-state index contributed by atoms with van der Waals surface area (Å²) in [4.78, 5) is 72.8. The Hall–Kier alpha value is -2.46. The van der Waals surface area contributed by atoms with Gasteiger partial charge in [-0.3, -0.25) is 37.3 Å². The van der Waals surface area contributed by atoms with E-state index in [9.17, 15) is 43.2 Å². The molecule has 0 fully saturated rings. The Morgan fingerprint density at radius 3 is 0.844 bits per heavy atom. The lowest BCUT2D eigenvalue weighted by Gasteiger charge is -2.21. The normalized spacial score (nSPS) is 14.2. The summed E-state index contributed by atoms with van der Waals surface area (Å²) in [6.07, 6.45) is 56.3. The number of ether oxygens (including phenoxy) is 4. The molecule has 0 radical (unpaired) electrons. The molecule has 3 unspecified atom stereocenters. The second-order valence-corrected chi connectivity index (χ2v) is 31.4. The topological polar surface area (TPSA) is 237 Å². The number of unbranched alkanes of at least 4 members (excludes halogenated alkanes) is 38. The van der Waals surface area contributed by atoms with E-state index in [1.807, 2.05) is 0 Å². The van der Waals surface area contributed by atoms with E-state index in [4.69, 9.17) is 37.0 Å². The lowest BCUT2D eigenvalue weighted by Crippen LogP contribution is -2.30. The van der Waals surface area contributed by atoms with Gasteiger partial charge in [0.2, 0.25) is 0 Å². The molecule has 96 heavy (non-hydrogen) atoms. The third kappa shape index (κ3) is 70.0. The number of aliphatic hydroxyl groups is 1. The van der Waals surface area contributed by atoms with Gasteiger partial charge in [-0.05, 0) is 69.1 Å². The summed E-state index contributed by atoms with van der Waals surface area (Å²) in [5.74, 6) is 0.112. The quantitative estimate of drug-likeness (QED) is 0.0169. The monoisotopic (exact) mass is 1410 g/mol. The van der Waals surface area contributed by atoms with Crippen molar-refractivity contribution in [1.82, 2.24) is 0 Å². The molecular weight excluding hydrogens is 1260 g/mol. The number of allylic oxidation sites excluding steroid dienone is 4. The first kappa shape index (κ1) is 93.5. The van der Waals surface area contributed by atoms with Crippen LogP contribution >= 0.6 is 15.6 Å². The Labute approximate surface area is 586 Å². The smallest absolute Gasteiger partial charge is 0.462 e. The van der Waals surface area contributed by atoms with Crippen LogP contribution in [0.2, 0.25) is 0 Å². The maximum atomic E-state index is 13.1. The van der Waals surface area contributed by atoms with Crippen molar-refractivity contribution >= 4 is 39.5 Å². The van der Waals surface area contributed by atoms with Crippen LogP contribution in [-0.2, 0) is 65.4 Å². The molecule has 0 aromatic rings. The SMILES string of the molecule is CCCCCC/C=C\C=C/CCCCCCCC(=O)OC[C@H](COP(=O)(O)OCC(O)COP(=O)(O)OC[C@@H](COC(=O)CCCCCCCCCCC(C)C)OC(=O)CCCCCCCCCCCC(C)C)OC(=O)CCCCCCCCCCCCCCCCCC(C)C. The summed E-state index contributed by atoms with van der Waals surface area (Å²) in [6.45, 7) is 11.8. The van der Waals surface area contributed by atoms with Crippen LogP contribution in [-0.4, -0.2) is 96.7 Å². The largest absolute Gasteiger partial charge is 0.472 e. The molecule has 5 atom stereocenters. The number of esters is 4. The summed E-state index contributed by atoms with van der Waals surface area (Å²) in [7, 11) is -9.93. The van der Waals surface area contributed by atoms with Crippen LogP contribution in [0.5, 0.6) is 0 Å². The zero-order chi connectivity index (χ0) is 70.9. The van der Waals surface area contributed by atoms with Gasteiger partial charge in [0.15, 0.2) is 12.2 Å². The highest BCUT2D eigenvalue weighted by Gasteiger charge is 2.30. The van der Waals surface area contributed by atoms with Crippen LogP contribution in [0, 0.1) is 17.8 Å². The Morgan fingerprint density at radius 2 is 0.562 bits per heavy atom. The highest BCUT2D eigenvalue weighted by Crippen LogP contribution is 2.45. The minimum atomic E-state index is -4.97. The van der Waals surface area contributed by atoms with Gasteiger partial charge in [-0.2, -0.15) is 0 Å². The van der Waals surface area contributed by atoms with E-state index in [1.54, 1.807) is 0 Å². The zero-order valence-electron chi connectivity index (χ0n) is 62.3. The van der Waals surface area contributed by atoms with Crippen LogP contribution in [0.15, 0.2) is 24.3 Å². The molecule has 17 nitrogen and oxygen atoms in total. The molecule has 0 rings (SSSR count). The Bertz CT molecular complexity index is 1960. The van der Waals surface area contributed by atoms with Crippen molar-refractivity contribution < 1.29 is 80.2 Å². The highest BCUT2D eigenvalue weighted by molar-refractivity contribution is 7.47. The predicted molar refractivity (Wildman–Crippen MR) is 390 cm³/mol. The molecule has 0 saturated heterocycles. The molecule has 0 heterocycles. The molecule has 3 N–H and O–H groups in total. The van der Waals surface area contributed by atoms with E-state index in [1.165, 1.54) is 161 Å². The third-order valence-corrected chi connectivity index (χ3v) is 19.2. The number of carbonyl (C=O) groups excluding carboxylic acids is 4. The second kappa shape index (κ2) is 67.1. The van der Waals surface area contributed by atoms with Crippen molar-refractivity contribution in [2.75, 3.05) is 39.6 Å². The molecule has 0 aliphatic carbocycles. The first-order valence-electron chi connectivity index (χ1n) is 39.2. The van der Waals surface area contributed by atoms with Gasteiger partial charge in [-0.1, -0.05) is 317 Å². The van der Waals surface area contributed by atoms with Crippen LogP contribution in [0.3, 0.4) is 0 Å². The average Bonchev–Trinajstić information content (AvgIpc) is 1.80. The van der Waals surface area contributed by atoms with E-state index < -0.39 is 97.5 Å². The number of hydrogen-bond acceptors (Lipinski definition) is 15. The molecular formula is C77H146O17P2. The molecule has 0 aliphatic rings. The van der Waals surface area contributed by atoms with Gasteiger partial charge in [0.05, 0.1) is 26.4 Å². The Kier molecular flexibility index (Phi) is 65.3. The lowest BCUT2D eigenvalue weighted by atomic mass is 10.0. The molecule has 566 valence electrons. The maximum absolute atomic E-state index is 13.1. The van der Waals surface area contributed by atoms with Crippen LogP contribution in [0.25, 0.3) is 0 Å². The number of aliphatic hydroxyl groups excluding tert-OH is 1. The molecule has 0 saturated carbocycles. The number of phosphoric acid groups is 2. The average molecular weight is 1410 g/mol. The van der Waals surface area contributed by atoms with Crippen molar-refractivity contribution in [3.8, 4) is 0 Å². The standard InChI is InChI=1S/C77H146O17P2/c1-8-9-10-11-12-13-14-15-17-21-24-29-37-44-51-58-74(79)87-64-72(93-76(81)60-53-46-39-30-25-22-19-16-18-20-23-27-34-41-48-55-68(2)3)66-91-95(83,84)89-62-71(78)63-90-96(85,86)92-67-73(65-88-75(80)59-52-45-38-33-32-36-43-50-57-70(6)7)94-77(82)61-54-47-40-31-26-28-35-42-49-56-69(4)5/h13-15,17,68-73,78H,8-12,16,18-67H2,1-7H3,(H,83,84)(H,85,86)/b14-13-,17-15-/t71?,72-,73-/m1/s1. The van der Waals surface area contributed by atoms with E-state index in [0.717, 1.165) is 127 Å². The fourth-order valence-corrected chi connectivity index (χ4v) is 12.8. The summed E-state index contributed by atoms with van der Waals surface area (Å²) in [5.41, 5.74) is 0. The minimum Gasteiger partial charge on any atom is -0.462 e. The minimum absolute atomic E-state index is 0.100. The summed E-state index contributed by atoms with van der Waals surface area (Å²) < 4.78 is 68.5. The van der Waals surface area contributed by atoms with Gasteiger partial charge in [0.1, 0.15) is 19.3 Å². The first-order valence-corrected chi connectivity index (χ1v) is 42.2. The summed E-state index contributed by atoms with van der Waals surface area (Å²) in [5, 5.41) is 10.6. The van der Waals surface area contributed by atoms with Gasteiger partial charge < -0.3 is 33.8 Å². The third-order valence-electron chi connectivity index (χ3n) is 17.3. The summed E-state index contributed by atoms with van der Waals surface area (Å²) in [6, 6.07) is 0.